The molecule has 0 saturated heterocycles. The maximum atomic E-state index is 12.7. The van der Waals surface area contributed by atoms with Gasteiger partial charge in [-0.3, -0.25) is 4.79 Å². The van der Waals surface area contributed by atoms with Gasteiger partial charge in [0.2, 0.25) is 0 Å². The molecular weight excluding hydrogens is 367 g/mol. The van der Waals surface area contributed by atoms with Crippen molar-refractivity contribution < 1.29 is 18.0 Å². The lowest BCUT2D eigenvalue weighted by Gasteiger charge is -2.16. The van der Waals surface area contributed by atoms with Crippen LogP contribution < -0.4 is 5.32 Å². The van der Waals surface area contributed by atoms with Gasteiger partial charge in [-0.25, -0.2) is 0 Å². The highest BCUT2D eigenvalue weighted by atomic mass is 79.9. The maximum Gasteiger partial charge on any atom is 0.416 e. The Morgan fingerprint density at radius 1 is 1.33 bits per heavy atom. The Labute approximate surface area is 132 Å². The molecule has 2 nitrogen and oxygen atoms in total. The summed E-state index contributed by atoms with van der Waals surface area (Å²) in [6.45, 7) is 1.65. The minimum absolute atomic E-state index is 0.318. The average Bonchev–Trinajstić information content (AvgIpc) is 2.84. The predicted molar refractivity (Wildman–Crippen MR) is 79.3 cm³/mol. The smallest absolute Gasteiger partial charge is 0.345 e. The summed E-state index contributed by atoms with van der Waals surface area (Å²) in [7, 11) is 0. The Hall–Kier alpha value is -1.34. The van der Waals surface area contributed by atoms with Gasteiger partial charge in [-0.2, -0.15) is 13.2 Å². The van der Waals surface area contributed by atoms with Gasteiger partial charge in [-0.15, -0.1) is 11.3 Å². The van der Waals surface area contributed by atoms with E-state index in [2.05, 4.69) is 21.2 Å². The van der Waals surface area contributed by atoms with Crippen molar-refractivity contribution >= 4 is 33.2 Å². The second kappa shape index (κ2) is 6.19. The standard InChI is InChI=1S/C14H11BrF3NOS/c1-8(19-13(20)10-6-12(15)21-7-10)9-3-2-4-11(5-9)14(16,17)18/h2-8H,1H3,(H,19,20). The largest absolute Gasteiger partial charge is 0.416 e. The number of hydrogen-bond donors (Lipinski definition) is 1. The van der Waals surface area contributed by atoms with Crippen LogP contribution in [0.25, 0.3) is 0 Å². The van der Waals surface area contributed by atoms with E-state index >= 15 is 0 Å². The summed E-state index contributed by atoms with van der Waals surface area (Å²) < 4.78 is 38.8. The lowest BCUT2D eigenvalue weighted by atomic mass is 10.0. The molecule has 0 aliphatic carbocycles. The summed E-state index contributed by atoms with van der Waals surface area (Å²) in [5, 5.41) is 4.36. The first-order chi connectivity index (χ1) is 9.77. The first-order valence-electron chi connectivity index (χ1n) is 5.99. The SMILES string of the molecule is CC(NC(=O)c1csc(Br)c1)c1cccc(C(F)(F)F)c1. The number of carbonyl (C=O) groups is 1. The van der Waals surface area contributed by atoms with E-state index in [0.29, 0.717) is 11.1 Å². The molecule has 1 atom stereocenters. The van der Waals surface area contributed by atoms with Crippen LogP contribution in [0.3, 0.4) is 0 Å². The summed E-state index contributed by atoms with van der Waals surface area (Å²) in [5.41, 5.74) is 0.164. The van der Waals surface area contributed by atoms with Crippen LogP contribution >= 0.6 is 27.3 Å². The molecule has 1 heterocycles. The van der Waals surface area contributed by atoms with Crippen LogP contribution in [-0.4, -0.2) is 5.91 Å². The number of alkyl halides is 3. The number of amides is 1. The van der Waals surface area contributed by atoms with Crippen LogP contribution in [-0.2, 0) is 6.18 Å². The van der Waals surface area contributed by atoms with E-state index in [1.54, 1.807) is 24.4 Å². The zero-order valence-corrected chi connectivity index (χ0v) is 13.3. The molecule has 1 unspecified atom stereocenters. The zero-order valence-electron chi connectivity index (χ0n) is 10.9. The van der Waals surface area contributed by atoms with Crippen molar-refractivity contribution in [2.24, 2.45) is 0 Å². The minimum Gasteiger partial charge on any atom is -0.345 e. The van der Waals surface area contributed by atoms with Gasteiger partial charge >= 0.3 is 6.18 Å². The van der Waals surface area contributed by atoms with Crippen LogP contribution in [0.2, 0.25) is 0 Å². The van der Waals surface area contributed by atoms with Gasteiger partial charge in [0.1, 0.15) is 0 Å². The molecule has 112 valence electrons. The lowest BCUT2D eigenvalue weighted by molar-refractivity contribution is -0.137. The Morgan fingerprint density at radius 2 is 2.05 bits per heavy atom. The Bertz CT molecular complexity index is 654. The molecule has 21 heavy (non-hydrogen) atoms. The van der Waals surface area contributed by atoms with Crippen LogP contribution in [0.5, 0.6) is 0 Å². The van der Waals surface area contributed by atoms with E-state index in [4.69, 9.17) is 0 Å². The van der Waals surface area contributed by atoms with Crippen molar-refractivity contribution in [2.75, 3.05) is 0 Å². The van der Waals surface area contributed by atoms with E-state index in [-0.39, 0.29) is 5.91 Å². The van der Waals surface area contributed by atoms with E-state index in [9.17, 15) is 18.0 Å². The number of benzene rings is 1. The number of nitrogens with one attached hydrogen (secondary N) is 1. The maximum absolute atomic E-state index is 12.7. The summed E-state index contributed by atoms with van der Waals surface area (Å²) in [4.78, 5) is 12.0. The molecule has 1 amide bonds. The third kappa shape index (κ3) is 4.07. The molecule has 0 aliphatic rings. The number of halogens is 4. The molecule has 1 N–H and O–H groups in total. The number of hydrogen-bond acceptors (Lipinski definition) is 2. The highest BCUT2D eigenvalue weighted by molar-refractivity contribution is 9.11. The highest BCUT2D eigenvalue weighted by Gasteiger charge is 2.30. The molecular formula is C14H11BrF3NOS. The zero-order chi connectivity index (χ0) is 15.6. The normalized spacial score (nSPS) is 13.0. The van der Waals surface area contributed by atoms with Gasteiger partial charge in [-0.1, -0.05) is 12.1 Å². The van der Waals surface area contributed by atoms with Gasteiger partial charge in [0.05, 0.1) is 21.0 Å². The third-order valence-electron chi connectivity index (χ3n) is 2.89. The van der Waals surface area contributed by atoms with E-state index in [1.807, 2.05) is 0 Å². The molecule has 7 heteroatoms. The molecule has 0 bridgehead atoms. The molecule has 2 aromatic rings. The highest BCUT2D eigenvalue weighted by Crippen LogP contribution is 2.30. The molecule has 1 aromatic heterocycles. The number of thiophene rings is 1. The molecule has 0 saturated carbocycles. The lowest BCUT2D eigenvalue weighted by Crippen LogP contribution is -2.26. The van der Waals surface area contributed by atoms with Gasteiger partial charge in [0.25, 0.3) is 5.91 Å². The van der Waals surface area contributed by atoms with Crippen molar-refractivity contribution in [1.29, 1.82) is 0 Å². The van der Waals surface area contributed by atoms with Crippen molar-refractivity contribution in [3.63, 3.8) is 0 Å². The fourth-order valence-corrected chi connectivity index (χ4v) is 2.91. The Morgan fingerprint density at radius 3 is 2.62 bits per heavy atom. The Kier molecular flexibility index (Phi) is 4.73. The van der Waals surface area contributed by atoms with E-state index < -0.39 is 17.8 Å². The third-order valence-corrected chi connectivity index (χ3v) is 4.40. The molecule has 0 spiro atoms. The molecule has 1 aromatic carbocycles. The summed E-state index contributed by atoms with van der Waals surface area (Å²) in [6, 6.07) is 6.10. The first kappa shape index (κ1) is 16.0. The molecule has 0 fully saturated rings. The fraction of sp³-hybridized carbons (Fsp3) is 0.214. The topological polar surface area (TPSA) is 29.1 Å². The second-order valence-electron chi connectivity index (χ2n) is 4.46. The monoisotopic (exact) mass is 377 g/mol. The number of carbonyl (C=O) groups excluding carboxylic acids is 1. The van der Waals surface area contributed by atoms with Crippen LogP contribution in [0, 0.1) is 0 Å². The van der Waals surface area contributed by atoms with E-state index in [1.165, 1.54) is 17.4 Å². The van der Waals surface area contributed by atoms with Crippen molar-refractivity contribution in [3.8, 4) is 0 Å². The van der Waals surface area contributed by atoms with Crippen LogP contribution in [0.15, 0.2) is 39.5 Å². The second-order valence-corrected chi connectivity index (χ2v) is 6.75. The Balaban J connectivity index is 2.13. The molecule has 0 radical (unpaired) electrons. The van der Waals surface area contributed by atoms with Gasteiger partial charge < -0.3 is 5.32 Å². The number of rotatable bonds is 3. The van der Waals surface area contributed by atoms with Crippen molar-refractivity contribution in [2.45, 2.75) is 19.1 Å². The van der Waals surface area contributed by atoms with Crippen LogP contribution in [0.1, 0.15) is 34.5 Å². The average molecular weight is 378 g/mol. The first-order valence-corrected chi connectivity index (χ1v) is 7.66. The summed E-state index contributed by atoms with van der Waals surface area (Å²) in [5.74, 6) is -0.318. The summed E-state index contributed by atoms with van der Waals surface area (Å²) in [6.07, 6.45) is -4.39. The predicted octanol–water partition coefficient (Wildman–Crippen LogP) is 5.02. The van der Waals surface area contributed by atoms with Gasteiger partial charge in [0.15, 0.2) is 0 Å². The summed E-state index contributed by atoms with van der Waals surface area (Å²) >= 11 is 4.62. The minimum atomic E-state index is -4.39. The van der Waals surface area contributed by atoms with E-state index in [0.717, 1.165) is 15.9 Å². The van der Waals surface area contributed by atoms with Crippen molar-refractivity contribution in [1.82, 2.24) is 5.32 Å². The quantitative estimate of drug-likeness (QED) is 0.799. The molecule has 2 rings (SSSR count). The molecule has 0 aliphatic heterocycles. The van der Waals surface area contributed by atoms with Gasteiger partial charge in [-0.05, 0) is 46.6 Å². The fourth-order valence-electron chi connectivity index (χ4n) is 1.78. The van der Waals surface area contributed by atoms with Crippen molar-refractivity contribution in [3.05, 3.63) is 56.2 Å². The van der Waals surface area contributed by atoms with Gasteiger partial charge in [0, 0.05) is 5.38 Å². The van der Waals surface area contributed by atoms with Crippen LogP contribution in [0.4, 0.5) is 13.2 Å².